The van der Waals surface area contributed by atoms with Crippen molar-refractivity contribution in [2.75, 3.05) is 13.2 Å². The fraction of sp³-hybridized carbons (Fsp3) is 0.650. The minimum absolute atomic E-state index is 0.129. The number of phosphoric ester groups is 1. The first-order valence-corrected chi connectivity index (χ1v) is 11.5. The van der Waals surface area contributed by atoms with Crippen molar-refractivity contribution in [1.29, 1.82) is 0 Å². The van der Waals surface area contributed by atoms with E-state index < -0.39 is 27.1 Å². The molecule has 0 aliphatic rings. The van der Waals surface area contributed by atoms with Crippen molar-refractivity contribution in [3.8, 4) is 0 Å². The number of carbonyl (C=O) groups excluding carboxylic acids is 1. The number of nitrogens with one attached hydrogen (secondary N) is 1. The van der Waals surface area contributed by atoms with E-state index in [0.29, 0.717) is 0 Å². The van der Waals surface area contributed by atoms with Crippen molar-refractivity contribution < 1.29 is 28.8 Å². The lowest BCUT2D eigenvalue weighted by Crippen LogP contribution is -2.41. The van der Waals surface area contributed by atoms with Gasteiger partial charge in [0.05, 0.1) is 25.7 Å². The van der Waals surface area contributed by atoms with Gasteiger partial charge >= 0.3 is 7.82 Å². The molecule has 4 N–H and O–H groups in total. The molecule has 0 heterocycles. The third-order valence-electron chi connectivity index (χ3n) is 4.49. The molecule has 0 bridgehead atoms. The van der Waals surface area contributed by atoms with Crippen LogP contribution in [0.4, 0.5) is 0 Å². The number of amides is 1. The molecule has 7 nitrogen and oxygen atoms in total. The van der Waals surface area contributed by atoms with Crippen molar-refractivity contribution in [2.24, 2.45) is 0 Å². The lowest BCUT2D eigenvalue weighted by molar-refractivity contribution is -0.121. The zero-order valence-electron chi connectivity index (χ0n) is 16.7. The van der Waals surface area contributed by atoms with Crippen LogP contribution in [0, 0.1) is 0 Å². The fourth-order valence-corrected chi connectivity index (χ4v) is 3.28. The van der Waals surface area contributed by atoms with Crippen molar-refractivity contribution in [2.45, 2.75) is 70.8 Å². The molecule has 0 fully saturated rings. The third kappa shape index (κ3) is 12.3. The molecule has 1 aromatic rings. The molecule has 0 aliphatic carbocycles. The Morgan fingerprint density at radius 2 is 1.61 bits per heavy atom. The maximum atomic E-state index is 12.0. The number of rotatable bonds is 15. The van der Waals surface area contributed by atoms with Crippen LogP contribution in [-0.2, 0) is 26.7 Å². The molecule has 0 saturated carbocycles. The highest BCUT2D eigenvalue weighted by Gasteiger charge is 2.19. The van der Waals surface area contributed by atoms with Gasteiger partial charge in [0, 0.05) is 0 Å². The van der Waals surface area contributed by atoms with Gasteiger partial charge in [0.15, 0.2) is 0 Å². The second-order valence-electron chi connectivity index (χ2n) is 7.10. The number of hydrogen-bond acceptors (Lipinski definition) is 4. The molecule has 1 atom stereocenters. The van der Waals surface area contributed by atoms with E-state index in [1.807, 2.05) is 24.3 Å². The summed E-state index contributed by atoms with van der Waals surface area (Å²) in [5.74, 6) is -0.340. The number of hydrogen-bond donors (Lipinski definition) is 4. The lowest BCUT2D eigenvalue weighted by Gasteiger charge is -2.16. The largest absolute Gasteiger partial charge is 0.469 e. The van der Waals surface area contributed by atoms with E-state index in [9.17, 15) is 14.5 Å². The summed E-state index contributed by atoms with van der Waals surface area (Å²) in [7, 11) is -4.63. The normalized spacial score (nSPS) is 12.7. The predicted octanol–water partition coefficient (Wildman–Crippen LogP) is 3.11. The van der Waals surface area contributed by atoms with Crippen LogP contribution in [0.25, 0.3) is 0 Å². The van der Waals surface area contributed by atoms with Gasteiger partial charge in [-0.2, -0.15) is 0 Å². The van der Waals surface area contributed by atoms with E-state index in [4.69, 9.17) is 9.79 Å². The van der Waals surface area contributed by atoms with Crippen molar-refractivity contribution >= 4 is 13.7 Å². The highest BCUT2D eigenvalue weighted by atomic mass is 31.2. The van der Waals surface area contributed by atoms with Crippen LogP contribution in [0.5, 0.6) is 0 Å². The topological polar surface area (TPSA) is 116 Å². The predicted molar refractivity (Wildman–Crippen MR) is 109 cm³/mol. The van der Waals surface area contributed by atoms with Gasteiger partial charge in [-0.05, 0) is 24.0 Å². The standard InChI is InChI=1S/C20H34NO6P/c1-2-3-4-5-6-7-8-9-17-10-12-18(13-11-17)14-20(23)21-19(15-22)16-27-28(24,25)26/h10-13,19,22H,2-9,14-16H2,1H3,(H,21,23)(H2,24,25,26)/t19-/m1/s1. The Balaban J connectivity index is 2.30. The maximum absolute atomic E-state index is 12.0. The number of carbonyl (C=O) groups is 1. The summed E-state index contributed by atoms with van der Waals surface area (Å²) in [4.78, 5) is 29.4. The smallest absolute Gasteiger partial charge is 0.394 e. The molecule has 0 aromatic heterocycles. The molecule has 0 spiro atoms. The van der Waals surface area contributed by atoms with Crippen LogP contribution in [0.2, 0.25) is 0 Å². The molecule has 1 amide bonds. The Morgan fingerprint density at radius 1 is 1.04 bits per heavy atom. The van der Waals surface area contributed by atoms with Crippen molar-refractivity contribution in [1.82, 2.24) is 5.32 Å². The van der Waals surface area contributed by atoms with Gasteiger partial charge in [0.2, 0.25) is 5.91 Å². The Labute approximate surface area is 167 Å². The summed E-state index contributed by atoms with van der Waals surface area (Å²) in [6.07, 6.45) is 10.1. The highest BCUT2D eigenvalue weighted by molar-refractivity contribution is 7.46. The summed E-state index contributed by atoms with van der Waals surface area (Å²) in [6.45, 7) is 1.30. The fourth-order valence-electron chi connectivity index (χ4n) is 2.90. The molecular formula is C20H34NO6P. The summed E-state index contributed by atoms with van der Waals surface area (Å²) in [6, 6.07) is 7.02. The minimum Gasteiger partial charge on any atom is -0.394 e. The van der Waals surface area contributed by atoms with Crippen LogP contribution in [0.1, 0.15) is 63.0 Å². The number of aryl methyl sites for hydroxylation is 1. The maximum Gasteiger partial charge on any atom is 0.469 e. The SMILES string of the molecule is CCCCCCCCCc1ccc(CC(=O)N[C@H](CO)COP(=O)(O)O)cc1. The van der Waals surface area contributed by atoms with Crippen molar-refractivity contribution in [3.63, 3.8) is 0 Å². The summed E-state index contributed by atoms with van der Waals surface area (Å²) in [5, 5.41) is 11.7. The monoisotopic (exact) mass is 415 g/mol. The average Bonchev–Trinajstić information content (AvgIpc) is 2.65. The second kappa shape index (κ2) is 13.9. The van der Waals surface area contributed by atoms with Gasteiger partial charge in [0.25, 0.3) is 0 Å². The first-order chi connectivity index (χ1) is 13.3. The molecule has 160 valence electrons. The van der Waals surface area contributed by atoms with Crippen LogP contribution in [0.15, 0.2) is 24.3 Å². The van der Waals surface area contributed by atoms with Gasteiger partial charge in [-0.25, -0.2) is 4.57 Å². The Bertz CT molecular complexity index is 601. The van der Waals surface area contributed by atoms with E-state index in [0.717, 1.165) is 12.0 Å². The quantitative estimate of drug-likeness (QED) is 0.258. The Morgan fingerprint density at radius 3 is 2.18 bits per heavy atom. The molecular weight excluding hydrogens is 381 g/mol. The van der Waals surface area contributed by atoms with Gasteiger partial charge in [-0.3, -0.25) is 9.32 Å². The first kappa shape index (κ1) is 24.8. The van der Waals surface area contributed by atoms with E-state index >= 15 is 0 Å². The molecule has 0 saturated heterocycles. The average molecular weight is 415 g/mol. The molecule has 1 aromatic carbocycles. The highest BCUT2D eigenvalue weighted by Crippen LogP contribution is 2.35. The van der Waals surface area contributed by atoms with Crippen LogP contribution < -0.4 is 5.32 Å². The molecule has 28 heavy (non-hydrogen) atoms. The van der Waals surface area contributed by atoms with E-state index in [-0.39, 0.29) is 12.3 Å². The summed E-state index contributed by atoms with van der Waals surface area (Å²) < 4.78 is 15.0. The van der Waals surface area contributed by atoms with Crippen LogP contribution in [0.3, 0.4) is 0 Å². The summed E-state index contributed by atoms with van der Waals surface area (Å²) >= 11 is 0. The lowest BCUT2D eigenvalue weighted by atomic mass is 10.0. The summed E-state index contributed by atoms with van der Waals surface area (Å²) in [5.41, 5.74) is 2.09. The first-order valence-electron chi connectivity index (χ1n) is 10.0. The number of unbranched alkanes of at least 4 members (excludes halogenated alkanes) is 6. The Kier molecular flexibility index (Phi) is 12.3. The van der Waals surface area contributed by atoms with Crippen LogP contribution >= 0.6 is 7.82 Å². The number of aliphatic hydroxyl groups excluding tert-OH is 1. The third-order valence-corrected chi connectivity index (χ3v) is 4.97. The van der Waals surface area contributed by atoms with E-state index in [1.54, 1.807) is 0 Å². The van der Waals surface area contributed by atoms with Gasteiger partial charge in [0.1, 0.15) is 0 Å². The molecule has 0 aliphatic heterocycles. The molecule has 0 radical (unpaired) electrons. The van der Waals surface area contributed by atoms with Gasteiger partial charge in [-0.15, -0.1) is 0 Å². The minimum atomic E-state index is -4.63. The van der Waals surface area contributed by atoms with E-state index in [2.05, 4.69) is 16.8 Å². The Hall–Kier alpha value is -1.24. The molecule has 0 unspecified atom stereocenters. The van der Waals surface area contributed by atoms with E-state index in [1.165, 1.54) is 50.5 Å². The van der Waals surface area contributed by atoms with Gasteiger partial charge < -0.3 is 20.2 Å². The molecule has 1 rings (SSSR count). The van der Waals surface area contributed by atoms with Gasteiger partial charge in [-0.1, -0.05) is 69.7 Å². The number of aliphatic hydroxyl groups is 1. The number of phosphoric acid groups is 1. The van der Waals surface area contributed by atoms with Crippen LogP contribution in [-0.4, -0.2) is 40.1 Å². The second-order valence-corrected chi connectivity index (χ2v) is 8.34. The zero-order chi connectivity index (χ0) is 20.8. The van der Waals surface area contributed by atoms with Crippen molar-refractivity contribution in [3.05, 3.63) is 35.4 Å². The number of benzene rings is 1. The zero-order valence-corrected chi connectivity index (χ0v) is 17.6. The molecule has 8 heteroatoms.